The minimum atomic E-state index is -0.976. The van der Waals surface area contributed by atoms with Crippen LogP contribution in [0.5, 0.6) is 0 Å². The van der Waals surface area contributed by atoms with Crippen LogP contribution in [-0.2, 0) is 4.79 Å². The van der Waals surface area contributed by atoms with Crippen molar-refractivity contribution in [1.82, 2.24) is 4.90 Å². The number of rotatable bonds is 16. The fraction of sp³-hybridized carbons (Fsp3) is 0.773. The van der Waals surface area contributed by atoms with Gasteiger partial charge in [0.15, 0.2) is 0 Å². The number of carbonyl (C=O) groups is 1. The fourth-order valence-corrected chi connectivity index (χ4v) is 3.02. The van der Waals surface area contributed by atoms with E-state index < -0.39 is 5.97 Å². The van der Waals surface area contributed by atoms with E-state index in [1.165, 1.54) is 25.7 Å². The summed E-state index contributed by atoms with van der Waals surface area (Å²) >= 11 is 0. The number of carboxylic acids is 1. The monoisotopic (exact) mass is 373 g/mol. The summed E-state index contributed by atoms with van der Waals surface area (Å²) in [5.74, 6) is -0.976. The van der Waals surface area contributed by atoms with E-state index in [-0.39, 0.29) is 48.2 Å². The number of hydrogen-bond donors (Lipinski definition) is 0. The molecule has 0 N–H and O–H groups in total. The van der Waals surface area contributed by atoms with Gasteiger partial charge in [0.05, 0.1) is 5.97 Å². The maximum Gasteiger partial charge on any atom is 1.00 e. The molecule has 146 valence electrons. The minimum absolute atomic E-state index is 0. The van der Waals surface area contributed by atoms with Crippen molar-refractivity contribution >= 4 is 5.97 Å². The first kappa shape index (κ1) is 28.1. The fourth-order valence-electron chi connectivity index (χ4n) is 3.02. The van der Waals surface area contributed by atoms with Gasteiger partial charge in [-0.05, 0) is 52.4 Å². The first-order chi connectivity index (χ1) is 12.0. The summed E-state index contributed by atoms with van der Waals surface area (Å²) in [5, 5.41) is 11.1. The van der Waals surface area contributed by atoms with Gasteiger partial charge in [-0.2, -0.15) is 0 Å². The van der Waals surface area contributed by atoms with Crippen LogP contribution >= 0.6 is 0 Å². The van der Waals surface area contributed by atoms with Crippen molar-refractivity contribution in [3.63, 3.8) is 0 Å². The molecule has 0 rings (SSSR count). The molecule has 0 fully saturated rings. The van der Waals surface area contributed by atoms with E-state index in [0.29, 0.717) is 0 Å². The van der Waals surface area contributed by atoms with Crippen molar-refractivity contribution in [3.05, 3.63) is 24.3 Å². The first-order valence-electron chi connectivity index (χ1n) is 10.3. The van der Waals surface area contributed by atoms with Gasteiger partial charge in [0.25, 0.3) is 0 Å². The zero-order valence-corrected chi connectivity index (χ0v) is 20.0. The smallest absolute Gasteiger partial charge is 0.549 e. The summed E-state index contributed by atoms with van der Waals surface area (Å²) in [7, 11) is 0. The Morgan fingerprint density at radius 3 is 1.58 bits per heavy atom. The molecule has 0 aromatic carbocycles. The zero-order valence-electron chi connectivity index (χ0n) is 18.0. The second-order valence-electron chi connectivity index (χ2n) is 7.12. The quantitative estimate of drug-likeness (QED) is 0.236. The van der Waals surface area contributed by atoms with Crippen LogP contribution in [0.15, 0.2) is 24.3 Å². The third kappa shape index (κ3) is 16.1. The van der Waals surface area contributed by atoms with Gasteiger partial charge < -0.3 is 9.90 Å². The van der Waals surface area contributed by atoms with E-state index in [2.05, 4.69) is 56.9 Å². The molecule has 0 saturated carbocycles. The molecule has 0 aliphatic heterocycles. The normalized spacial score (nSPS) is 14.0. The largest absolute Gasteiger partial charge is 1.00 e. The zero-order chi connectivity index (χ0) is 18.9. The molecule has 0 aromatic heterocycles. The topological polar surface area (TPSA) is 43.4 Å². The van der Waals surface area contributed by atoms with Gasteiger partial charge in [-0.25, -0.2) is 0 Å². The Balaban J connectivity index is 0. The molecule has 26 heavy (non-hydrogen) atoms. The number of aliphatic carboxylic acids is 1. The molecule has 0 saturated heterocycles. The molecule has 2 atom stereocenters. The molecular weight excluding hydrogens is 333 g/mol. The predicted molar refractivity (Wildman–Crippen MR) is 106 cm³/mol. The minimum Gasteiger partial charge on any atom is -0.549 e. The van der Waals surface area contributed by atoms with E-state index in [1.807, 2.05) is 0 Å². The molecule has 0 aliphatic carbocycles. The average Bonchev–Trinajstić information content (AvgIpc) is 2.58. The van der Waals surface area contributed by atoms with Crippen molar-refractivity contribution < 1.29 is 39.5 Å². The molecule has 2 unspecified atom stereocenters. The maximum absolute atomic E-state index is 11.1. The average molecular weight is 374 g/mol. The summed E-state index contributed by atoms with van der Waals surface area (Å²) in [6, 6.07) is 0.514. The van der Waals surface area contributed by atoms with Crippen molar-refractivity contribution in [2.24, 2.45) is 0 Å². The van der Waals surface area contributed by atoms with Crippen molar-refractivity contribution in [2.75, 3.05) is 6.54 Å². The summed E-state index contributed by atoms with van der Waals surface area (Å²) in [6.07, 6.45) is 20.2. The van der Waals surface area contributed by atoms with Crippen LogP contribution in [0, 0.1) is 0 Å². The predicted octanol–water partition coefficient (Wildman–Crippen LogP) is 1.87. The standard InChI is InChI=1S/C22H41NO2.Na/c1-5-7-9-11-13-15-17-20(3)23(19-22(24)25)21(4)18-16-14-12-10-8-6-2;/h11-14,20-21H,5-10,15-19H2,1-4H3,(H,24,25);/q;+1/p-1/b13-11+,14-12+;. The molecule has 0 amide bonds. The Morgan fingerprint density at radius 1 is 0.846 bits per heavy atom. The van der Waals surface area contributed by atoms with Gasteiger partial charge in [0, 0.05) is 18.6 Å². The molecule has 0 radical (unpaired) electrons. The molecule has 3 nitrogen and oxygen atoms in total. The van der Waals surface area contributed by atoms with E-state index in [9.17, 15) is 9.90 Å². The third-order valence-corrected chi connectivity index (χ3v) is 4.73. The van der Waals surface area contributed by atoms with Crippen LogP contribution in [0.25, 0.3) is 0 Å². The van der Waals surface area contributed by atoms with E-state index in [0.717, 1.165) is 38.5 Å². The maximum atomic E-state index is 11.1. The Hall–Kier alpha value is -0.0900. The molecule has 0 heterocycles. The van der Waals surface area contributed by atoms with Crippen molar-refractivity contribution in [3.8, 4) is 0 Å². The SMILES string of the molecule is CCCC/C=C/CCC(C)N(CC(=O)[O-])C(C)CC/C=C/CCCC.[Na+]. The Kier molecular flexibility index (Phi) is 21.3. The van der Waals surface area contributed by atoms with Crippen molar-refractivity contribution in [1.29, 1.82) is 0 Å². The molecule has 0 aliphatic rings. The Bertz CT molecular complexity index is 354. The molecule has 0 bridgehead atoms. The number of carbonyl (C=O) groups excluding carboxylic acids is 1. The first-order valence-corrected chi connectivity index (χ1v) is 10.3. The van der Waals surface area contributed by atoms with Crippen LogP contribution < -0.4 is 34.7 Å². The second kappa shape index (κ2) is 19.7. The van der Waals surface area contributed by atoms with Gasteiger partial charge in [-0.1, -0.05) is 63.8 Å². The molecule has 0 aromatic rings. The van der Waals surface area contributed by atoms with Gasteiger partial charge in [0.2, 0.25) is 0 Å². The van der Waals surface area contributed by atoms with Crippen LogP contribution in [0.1, 0.15) is 91.9 Å². The summed E-state index contributed by atoms with van der Waals surface area (Å²) in [4.78, 5) is 13.2. The summed E-state index contributed by atoms with van der Waals surface area (Å²) in [6.45, 7) is 8.70. The van der Waals surface area contributed by atoms with Crippen molar-refractivity contribution in [2.45, 2.75) is 104 Å². The van der Waals surface area contributed by atoms with Gasteiger partial charge in [0.1, 0.15) is 0 Å². The molecular formula is C22H40NNaO2. The Labute approximate surface area is 184 Å². The molecule has 0 spiro atoms. The number of nitrogens with zero attached hydrogens (tertiary/aromatic N) is 1. The summed E-state index contributed by atoms with van der Waals surface area (Å²) < 4.78 is 0. The van der Waals surface area contributed by atoms with Crippen LogP contribution in [0.3, 0.4) is 0 Å². The van der Waals surface area contributed by atoms with E-state index in [4.69, 9.17) is 0 Å². The molecule has 4 heteroatoms. The number of allylic oxidation sites excluding steroid dienone is 4. The van der Waals surface area contributed by atoms with Gasteiger partial charge in [-0.3, -0.25) is 4.90 Å². The van der Waals surface area contributed by atoms with Gasteiger partial charge >= 0.3 is 29.6 Å². The number of hydrogen-bond acceptors (Lipinski definition) is 3. The third-order valence-electron chi connectivity index (χ3n) is 4.73. The number of unbranched alkanes of at least 4 members (excludes halogenated alkanes) is 4. The van der Waals surface area contributed by atoms with Crippen LogP contribution in [-0.4, -0.2) is 29.5 Å². The van der Waals surface area contributed by atoms with E-state index >= 15 is 0 Å². The number of carboxylic acid groups (broad SMARTS) is 1. The van der Waals surface area contributed by atoms with Crippen LogP contribution in [0.4, 0.5) is 0 Å². The second-order valence-corrected chi connectivity index (χ2v) is 7.12. The van der Waals surface area contributed by atoms with Crippen LogP contribution in [0.2, 0.25) is 0 Å². The van der Waals surface area contributed by atoms with E-state index in [1.54, 1.807) is 0 Å². The van der Waals surface area contributed by atoms with Gasteiger partial charge in [-0.15, -0.1) is 0 Å². The summed E-state index contributed by atoms with van der Waals surface area (Å²) in [5.41, 5.74) is 0. The Morgan fingerprint density at radius 2 is 1.23 bits per heavy atom.